The highest BCUT2D eigenvalue weighted by atomic mass is 19.1. The van der Waals surface area contributed by atoms with Crippen LogP contribution in [0.1, 0.15) is 31.7 Å². The minimum absolute atomic E-state index is 0.125. The van der Waals surface area contributed by atoms with Crippen molar-refractivity contribution >= 4 is 11.9 Å². The molecule has 2 rings (SSSR count). The Morgan fingerprint density at radius 1 is 1.35 bits per heavy atom. The number of hydrogen-bond donors (Lipinski definition) is 2. The molecule has 0 aliphatic heterocycles. The molecule has 1 aliphatic rings. The zero-order valence-electron chi connectivity index (χ0n) is 11.0. The molecule has 1 saturated carbocycles. The number of carbonyl (C=O) groups excluding carboxylic acids is 1. The number of amides is 1. The molecule has 1 amide bonds. The van der Waals surface area contributed by atoms with E-state index in [0.717, 1.165) is 18.6 Å². The predicted molar refractivity (Wildman–Crippen MR) is 67.1 cm³/mol. The summed E-state index contributed by atoms with van der Waals surface area (Å²) < 4.78 is 26.8. The van der Waals surface area contributed by atoms with Crippen molar-refractivity contribution in [2.24, 2.45) is 0 Å². The first-order valence-corrected chi connectivity index (χ1v) is 6.36. The lowest BCUT2D eigenvalue weighted by Gasteiger charge is -2.41. The van der Waals surface area contributed by atoms with E-state index in [4.69, 9.17) is 5.11 Å². The van der Waals surface area contributed by atoms with E-state index in [1.165, 1.54) is 13.0 Å². The zero-order valence-corrected chi connectivity index (χ0v) is 11.0. The quantitative estimate of drug-likeness (QED) is 0.888. The second-order valence-electron chi connectivity index (χ2n) is 5.09. The maximum atomic E-state index is 13.9. The molecule has 0 heterocycles. The van der Waals surface area contributed by atoms with Crippen molar-refractivity contribution < 1.29 is 23.5 Å². The number of rotatable bonds is 4. The molecule has 0 bridgehead atoms. The lowest BCUT2D eigenvalue weighted by atomic mass is 9.63. The van der Waals surface area contributed by atoms with Crippen LogP contribution in [0.2, 0.25) is 0 Å². The van der Waals surface area contributed by atoms with Crippen LogP contribution < -0.4 is 5.32 Å². The highest BCUT2D eigenvalue weighted by molar-refractivity contribution is 5.92. The second kappa shape index (κ2) is 5.19. The van der Waals surface area contributed by atoms with Crippen LogP contribution in [-0.2, 0) is 15.0 Å². The van der Waals surface area contributed by atoms with Gasteiger partial charge in [-0.2, -0.15) is 0 Å². The first kappa shape index (κ1) is 14.4. The number of carbonyl (C=O) groups is 2. The van der Waals surface area contributed by atoms with Gasteiger partial charge in [-0.05, 0) is 25.8 Å². The zero-order chi connectivity index (χ0) is 14.9. The summed E-state index contributed by atoms with van der Waals surface area (Å²) in [4.78, 5) is 23.0. The molecule has 20 heavy (non-hydrogen) atoms. The minimum atomic E-state index is -1.16. The molecule has 1 aliphatic carbocycles. The van der Waals surface area contributed by atoms with E-state index < -0.39 is 35.0 Å². The van der Waals surface area contributed by atoms with Crippen molar-refractivity contribution in [2.75, 3.05) is 0 Å². The van der Waals surface area contributed by atoms with Gasteiger partial charge in [-0.1, -0.05) is 12.5 Å². The first-order valence-electron chi connectivity index (χ1n) is 6.36. The minimum Gasteiger partial charge on any atom is -0.480 e. The van der Waals surface area contributed by atoms with Crippen LogP contribution in [0.25, 0.3) is 0 Å². The summed E-state index contributed by atoms with van der Waals surface area (Å²) in [5.41, 5.74) is -0.957. The summed E-state index contributed by atoms with van der Waals surface area (Å²) in [5.74, 6) is -3.17. The molecule has 4 nitrogen and oxygen atoms in total. The van der Waals surface area contributed by atoms with Crippen LogP contribution in [0, 0.1) is 11.6 Å². The molecule has 0 radical (unpaired) electrons. The SMILES string of the molecule is C[C@@H](NC(=O)C1(c2ccc(F)cc2F)CCC1)C(=O)O. The largest absolute Gasteiger partial charge is 0.480 e. The third kappa shape index (κ3) is 2.37. The second-order valence-corrected chi connectivity index (χ2v) is 5.09. The van der Waals surface area contributed by atoms with Crippen LogP contribution in [-0.4, -0.2) is 23.0 Å². The molecular weight excluding hydrogens is 268 g/mol. The van der Waals surface area contributed by atoms with Gasteiger partial charge in [0.1, 0.15) is 17.7 Å². The molecule has 2 N–H and O–H groups in total. The third-order valence-corrected chi connectivity index (χ3v) is 3.81. The fourth-order valence-electron chi connectivity index (χ4n) is 2.42. The van der Waals surface area contributed by atoms with Gasteiger partial charge in [-0.25, -0.2) is 8.78 Å². The molecule has 108 valence electrons. The molecule has 1 atom stereocenters. The van der Waals surface area contributed by atoms with E-state index in [2.05, 4.69) is 5.32 Å². The van der Waals surface area contributed by atoms with Crippen LogP contribution in [0.15, 0.2) is 18.2 Å². The van der Waals surface area contributed by atoms with Gasteiger partial charge < -0.3 is 10.4 Å². The number of benzene rings is 1. The molecule has 0 unspecified atom stereocenters. The van der Waals surface area contributed by atoms with E-state index in [1.807, 2.05) is 0 Å². The number of carboxylic acid groups (broad SMARTS) is 1. The number of aliphatic carboxylic acids is 1. The van der Waals surface area contributed by atoms with Crippen LogP contribution in [0.5, 0.6) is 0 Å². The van der Waals surface area contributed by atoms with Crippen LogP contribution in [0.3, 0.4) is 0 Å². The number of nitrogens with one attached hydrogen (secondary N) is 1. The fourth-order valence-corrected chi connectivity index (χ4v) is 2.42. The normalized spacial score (nSPS) is 17.9. The van der Waals surface area contributed by atoms with E-state index in [9.17, 15) is 18.4 Å². The lowest BCUT2D eigenvalue weighted by molar-refractivity contribution is -0.143. The van der Waals surface area contributed by atoms with Gasteiger partial charge in [0.15, 0.2) is 0 Å². The summed E-state index contributed by atoms with van der Waals surface area (Å²) in [7, 11) is 0. The average Bonchev–Trinajstić information content (AvgIpc) is 2.30. The molecule has 0 spiro atoms. The van der Waals surface area contributed by atoms with Gasteiger partial charge in [0, 0.05) is 11.6 Å². The molecular formula is C14H15F2NO3. The standard InChI is InChI=1S/C14H15F2NO3/c1-8(12(18)19)17-13(20)14(5-2-6-14)10-4-3-9(15)7-11(10)16/h3-4,7-8H,2,5-6H2,1H3,(H,17,20)(H,18,19)/t8-/m1/s1. The first-order chi connectivity index (χ1) is 9.36. The van der Waals surface area contributed by atoms with Crippen LogP contribution >= 0.6 is 0 Å². The third-order valence-electron chi connectivity index (χ3n) is 3.81. The Morgan fingerprint density at radius 3 is 2.45 bits per heavy atom. The van der Waals surface area contributed by atoms with E-state index in [-0.39, 0.29) is 5.56 Å². The van der Waals surface area contributed by atoms with Crippen molar-refractivity contribution in [3.8, 4) is 0 Å². The summed E-state index contributed by atoms with van der Waals surface area (Å²) in [6.45, 7) is 1.34. The molecule has 1 aromatic rings. The van der Waals surface area contributed by atoms with Crippen molar-refractivity contribution in [1.82, 2.24) is 5.32 Å². The van der Waals surface area contributed by atoms with Gasteiger partial charge in [-0.3, -0.25) is 9.59 Å². The molecule has 0 aromatic heterocycles. The average molecular weight is 283 g/mol. The highest BCUT2D eigenvalue weighted by Gasteiger charge is 2.47. The fraction of sp³-hybridized carbons (Fsp3) is 0.429. The van der Waals surface area contributed by atoms with Gasteiger partial charge in [0.2, 0.25) is 5.91 Å². The topological polar surface area (TPSA) is 66.4 Å². The molecule has 6 heteroatoms. The molecule has 0 saturated heterocycles. The van der Waals surface area contributed by atoms with Gasteiger partial charge in [0.05, 0.1) is 5.41 Å². The lowest BCUT2D eigenvalue weighted by Crippen LogP contribution is -2.53. The molecule has 1 aromatic carbocycles. The summed E-state index contributed by atoms with van der Waals surface area (Å²) >= 11 is 0. The Balaban J connectivity index is 2.29. The smallest absolute Gasteiger partial charge is 0.325 e. The van der Waals surface area contributed by atoms with E-state index in [1.54, 1.807) is 0 Å². The van der Waals surface area contributed by atoms with Crippen molar-refractivity contribution in [1.29, 1.82) is 0 Å². The maximum Gasteiger partial charge on any atom is 0.325 e. The Bertz CT molecular complexity index is 555. The number of halogens is 2. The van der Waals surface area contributed by atoms with E-state index in [0.29, 0.717) is 12.8 Å². The Hall–Kier alpha value is -1.98. The van der Waals surface area contributed by atoms with Crippen molar-refractivity contribution in [2.45, 2.75) is 37.6 Å². The Kier molecular flexibility index (Phi) is 3.74. The summed E-state index contributed by atoms with van der Waals surface area (Å²) in [6.07, 6.45) is 1.59. The van der Waals surface area contributed by atoms with Crippen molar-refractivity contribution in [3.05, 3.63) is 35.4 Å². The van der Waals surface area contributed by atoms with Crippen LogP contribution in [0.4, 0.5) is 8.78 Å². The Labute approximate surface area is 114 Å². The van der Waals surface area contributed by atoms with E-state index >= 15 is 0 Å². The van der Waals surface area contributed by atoms with Gasteiger partial charge in [0.25, 0.3) is 0 Å². The predicted octanol–water partition coefficient (Wildman–Crippen LogP) is 1.98. The van der Waals surface area contributed by atoms with Gasteiger partial charge in [-0.15, -0.1) is 0 Å². The maximum absolute atomic E-state index is 13.9. The highest BCUT2D eigenvalue weighted by Crippen LogP contribution is 2.45. The monoisotopic (exact) mass is 283 g/mol. The number of carboxylic acids is 1. The summed E-state index contributed by atoms with van der Waals surface area (Å²) in [6, 6.07) is 2.05. The summed E-state index contributed by atoms with van der Waals surface area (Å²) in [5, 5.41) is 11.2. The molecule has 1 fully saturated rings. The van der Waals surface area contributed by atoms with Gasteiger partial charge >= 0.3 is 5.97 Å². The Morgan fingerprint density at radius 2 is 2.00 bits per heavy atom. The number of hydrogen-bond acceptors (Lipinski definition) is 2. The van der Waals surface area contributed by atoms with Crippen molar-refractivity contribution in [3.63, 3.8) is 0 Å².